The second-order valence-corrected chi connectivity index (χ2v) is 4.69. The molecule has 3 N–H and O–H groups in total. The maximum atomic E-state index is 9.76. The highest BCUT2D eigenvalue weighted by Crippen LogP contribution is 2.24. The Kier molecular flexibility index (Phi) is 4.09. The molecule has 0 amide bonds. The number of hydrogen-bond acceptors (Lipinski definition) is 5. The fourth-order valence-corrected chi connectivity index (χ4v) is 1.88. The number of benzene rings is 1. The van der Waals surface area contributed by atoms with Gasteiger partial charge >= 0.3 is 0 Å². The highest BCUT2D eigenvalue weighted by molar-refractivity contribution is 6.30. The fourth-order valence-electron chi connectivity index (χ4n) is 1.76. The molecule has 100 valence electrons. The number of aliphatic hydroxyl groups excluding tert-OH is 3. The van der Waals surface area contributed by atoms with Gasteiger partial charge in [-0.1, -0.05) is 11.6 Å². The van der Waals surface area contributed by atoms with Gasteiger partial charge in [0, 0.05) is 5.02 Å². The quantitative estimate of drug-likeness (QED) is 0.734. The van der Waals surface area contributed by atoms with Crippen LogP contribution in [0.3, 0.4) is 0 Å². The molecule has 0 unspecified atom stereocenters. The molecule has 0 aromatic heterocycles. The largest absolute Gasteiger partial charge is 0.462 e. The molecule has 6 heteroatoms. The maximum absolute atomic E-state index is 9.76. The van der Waals surface area contributed by atoms with Crippen molar-refractivity contribution in [2.45, 2.75) is 37.6 Å². The summed E-state index contributed by atoms with van der Waals surface area (Å²) in [6.07, 6.45) is -5.40. The van der Waals surface area contributed by atoms with Gasteiger partial charge in [-0.25, -0.2) is 0 Å². The molecule has 0 saturated carbocycles. The van der Waals surface area contributed by atoms with Crippen LogP contribution >= 0.6 is 11.6 Å². The summed E-state index contributed by atoms with van der Waals surface area (Å²) in [7, 11) is 0. The lowest BCUT2D eigenvalue weighted by Crippen LogP contribution is -2.58. The second kappa shape index (κ2) is 5.42. The van der Waals surface area contributed by atoms with Crippen LogP contribution in [0.1, 0.15) is 6.92 Å². The zero-order valence-corrected chi connectivity index (χ0v) is 10.5. The molecular formula is C12H15ClO5. The zero-order chi connectivity index (χ0) is 13.3. The van der Waals surface area contributed by atoms with E-state index in [-0.39, 0.29) is 0 Å². The van der Waals surface area contributed by atoms with Crippen LogP contribution < -0.4 is 4.74 Å². The smallest absolute Gasteiger partial charge is 0.229 e. The Bertz CT molecular complexity index is 396. The maximum Gasteiger partial charge on any atom is 0.229 e. The van der Waals surface area contributed by atoms with E-state index in [0.717, 1.165) is 0 Å². The Morgan fingerprint density at radius 1 is 1.06 bits per heavy atom. The summed E-state index contributed by atoms with van der Waals surface area (Å²) in [6, 6.07) is 6.53. The number of hydrogen-bond donors (Lipinski definition) is 3. The van der Waals surface area contributed by atoms with Crippen LogP contribution in [0.5, 0.6) is 5.75 Å². The molecule has 1 saturated heterocycles. The molecule has 1 aromatic rings. The van der Waals surface area contributed by atoms with E-state index in [1.54, 1.807) is 31.2 Å². The van der Waals surface area contributed by atoms with Gasteiger partial charge in [-0.2, -0.15) is 0 Å². The molecule has 0 aliphatic carbocycles. The number of rotatable bonds is 2. The van der Waals surface area contributed by atoms with Crippen molar-refractivity contribution >= 4 is 11.6 Å². The predicted molar refractivity (Wildman–Crippen MR) is 64.4 cm³/mol. The van der Waals surface area contributed by atoms with Crippen LogP contribution in [0.2, 0.25) is 5.02 Å². The molecule has 2 rings (SSSR count). The Hall–Kier alpha value is -0.850. The van der Waals surface area contributed by atoms with Crippen molar-refractivity contribution in [3.8, 4) is 5.75 Å². The summed E-state index contributed by atoms with van der Waals surface area (Å²) in [4.78, 5) is 0. The molecule has 0 radical (unpaired) electrons. The van der Waals surface area contributed by atoms with Crippen LogP contribution in [0.25, 0.3) is 0 Å². The van der Waals surface area contributed by atoms with Crippen molar-refractivity contribution in [1.82, 2.24) is 0 Å². The Morgan fingerprint density at radius 2 is 1.67 bits per heavy atom. The van der Waals surface area contributed by atoms with E-state index >= 15 is 0 Å². The van der Waals surface area contributed by atoms with Crippen LogP contribution in [0.4, 0.5) is 0 Å². The van der Waals surface area contributed by atoms with Crippen LogP contribution in [0, 0.1) is 0 Å². The first-order valence-electron chi connectivity index (χ1n) is 5.61. The summed E-state index contributed by atoms with van der Waals surface area (Å²) >= 11 is 5.74. The lowest BCUT2D eigenvalue weighted by molar-refractivity contribution is -0.268. The number of aliphatic hydroxyl groups is 3. The van der Waals surface area contributed by atoms with Gasteiger partial charge in [-0.3, -0.25) is 0 Å². The van der Waals surface area contributed by atoms with E-state index in [9.17, 15) is 15.3 Å². The molecule has 18 heavy (non-hydrogen) atoms. The van der Waals surface area contributed by atoms with Gasteiger partial charge in [-0.15, -0.1) is 0 Å². The zero-order valence-electron chi connectivity index (χ0n) is 9.73. The number of halogens is 1. The van der Waals surface area contributed by atoms with Crippen molar-refractivity contribution in [1.29, 1.82) is 0 Å². The van der Waals surface area contributed by atoms with Crippen molar-refractivity contribution in [2.75, 3.05) is 0 Å². The third-order valence-corrected chi connectivity index (χ3v) is 3.13. The molecule has 5 atom stereocenters. The molecule has 5 nitrogen and oxygen atoms in total. The molecule has 1 aliphatic heterocycles. The van der Waals surface area contributed by atoms with E-state index in [1.807, 2.05) is 0 Å². The lowest BCUT2D eigenvalue weighted by atomic mass is 10.00. The van der Waals surface area contributed by atoms with Gasteiger partial charge in [0.15, 0.2) is 0 Å². The van der Waals surface area contributed by atoms with Crippen molar-refractivity contribution in [3.63, 3.8) is 0 Å². The minimum Gasteiger partial charge on any atom is -0.462 e. The summed E-state index contributed by atoms with van der Waals surface area (Å²) in [5.41, 5.74) is 0. The Morgan fingerprint density at radius 3 is 2.28 bits per heavy atom. The third kappa shape index (κ3) is 2.76. The van der Waals surface area contributed by atoms with Gasteiger partial charge < -0.3 is 24.8 Å². The van der Waals surface area contributed by atoms with Gasteiger partial charge in [0.25, 0.3) is 0 Å². The summed E-state index contributed by atoms with van der Waals surface area (Å²) in [5, 5.41) is 29.5. The normalized spacial score (nSPS) is 36.4. The van der Waals surface area contributed by atoms with Crippen molar-refractivity contribution in [3.05, 3.63) is 29.3 Å². The van der Waals surface area contributed by atoms with Crippen LogP contribution in [0.15, 0.2) is 24.3 Å². The molecule has 0 bridgehead atoms. The number of ether oxygens (including phenoxy) is 2. The Labute approximate surface area is 110 Å². The lowest BCUT2D eigenvalue weighted by Gasteiger charge is -2.38. The first kappa shape index (κ1) is 13.6. The van der Waals surface area contributed by atoms with Crippen molar-refractivity contribution < 1.29 is 24.8 Å². The molecule has 0 spiro atoms. The average molecular weight is 275 g/mol. The Balaban J connectivity index is 2.06. The summed E-state index contributed by atoms with van der Waals surface area (Å²) in [5.74, 6) is 0.458. The first-order chi connectivity index (χ1) is 8.49. The molecule has 1 aliphatic rings. The molecule has 1 aromatic carbocycles. The second-order valence-electron chi connectivity index (χ2n) is 4.25. The van der Waals surface area contributed by atoms with Crippen LogP contribution in [-0.2, 0) is 4.74 Å². The monoisotopic (exact) mass is 274 g/mol. The van der Waals surface area contributed by atoms with Gasteiger partial charge in [0.2, 0.25) is 6.29 Å². The SMILES string of the molecule is C[C@@H]1O[C@@H](Oc2ccc(Cl)cc2)[C@@H](O)[C@H](O)[C@@H]1O. The highest BCUT2D eigenvalue weighted by atomic mass is 35.5. The van der Waals surface area contributed by atoms with Gasteiger partial charge in [0.05, 0.1) is 6.10 Å². The van der Waals surface area contributed by atoms with E-state index in [4.69, 9.17) is 21.1 Å². The first-order valence-corrected chi connectivity index (χ1v) is 5.98. The summed E-state index contributed by atoms with van der Waals surface area (Å²) in [6.45, 7) is 1.60. The minimum absolute atomic E-state index is 0.458. The minimum atomic E-state index is -1.31. The van der Waals surface area contributed by atoms with E-state index in [2.05, 4.69) is 0 Å². The van der Waals surface area contributed by atoms with E-state index < -0.39 is 30.7 Å². The van der Waals surface area contributed by atoms with Crippen LogP contribution in [-0.4, -0.2) is 46.0 Å². The molecule has 1 heterocycles. The average Bonchev–Trinajstić information content (AvgIpc) is 2.36. The fraction of sp³-hybridized carbons (Fsp3) is 0.500. The van der Waals surface area contributed by atoms with Gasteiger partial charge in [-0.05, 0) is 31.2 Å². The predicted octanol–water partition coefficient (Wildman–Crippen LogP) is 0.546. The molecule has 1 fully saturated rings. The van der Waals surface area contributed by atoms with Crippen molar-refractivity contribution in [2.24, 2.45) is 0 Å². The van der Waals surface area contributed by atoms with E-state index in [1.165, 1.54) is 0 Å². The van der Waals surface area contributed by atoms with E-state index in [0.29, 0.717) is 10.8 Å². The topological polar surface area (TPSA) is 79.2 Å². The van der Waals surface area contributed by atoms with Gasteiger partial charge in [0.1, 0.15) is 24.1 Å². The standard InChI is InChI=1S/C12H15ClO5/c1-6-9(14)10(15)11(16)12(17-6)18-8-4-2-7(13)3-5-8/h2-6,9-12,14-16H,1H3/t6-,9+,10+,11-,12-/m0/s1. The highest BCUT2D eigenvalue weighted by Gasteiger charge is 2.43. The third-order valence-electron chi connectivity index (χ3n) is 2.87. The molecular weight excluding hydrogens is 260 g/mol. The summed E-state index contributed by atoms with van der Waals surface area (Å²) < 4.78 is 10.7.